The molecule has 0 aromatic heterocycles. The molecule has 0 spiro atoms. The third kappa shape index (κ3) is 3.98. The maximum absolute atomic E-state index is 6.02. The molecule has 0 radical (unpaired) electrons. The molecular weight excluding hydrogens is 302 g/mol. The van der Waals surface area contributed by atoms with Crippen molar-refractivity contribution in [2.24, 2.45) is 10.7 Å². The van der Waals surface area contributed by atoms with Crippen LogP contribution >= 0.6 is 0 Å². The third-order valence-corrected chi connectivity index (χ3v) is 3.94. The Hall–Kier alpha value is -2.69. The van der Waals surface area contributed by atoms with Crippen LogP contribution in [-0.2, 0) is 13.0 Å². The number of ether oxygens (including phenoxy) is 2. The average molecular weight is 325 g/mol. The molecule has 1 aliphatic heterocycles. The highest BCUT2D eigenvalue weighted by Gasteiger charge is 2.10. The minimum absolute atomic E-state index is 0.385. The van der Waals surface area contributed by atoms with Crippen molar-refractivity contribution in [2.45, 2.75) is 26.3 Å². The monoisotopic (exact) mass is 325 g/mol. The normalized spacial score (nSPS) is 14.1. The summed E-state index contributed by atoms with van der Waals surface area (Å²) in [6, 6.07) is 14.0. The lowest BCUT2D eigenvalue weighted by Gasteiger charge is -2.11. The number of anilines is 1. The summed E-state index contributed by atoms with van der Waals surface area (Å²) >= 11 is 0. The fourth-order valence-corrected chi connectivity index (χ4v) is 2.66. The van der Waals surface area contributed by atoms with Crippen LogP contribution in [0.5, 0.6) is 11.5 Å². The van der Waals surface area contributed by atoms with Gasteiger partial charge < -0.3 is 20.5 Å². The van der Waals surface area contributed by atoms with Crippen molar-refractivity contribution in [2.75, 3.05) is 18.5 Å². The number of aryl methyl sites for hydroxylation is 1. The highest BCUT2D eigenvalue weighted by atomic mass is 16.5. The van der Waals surface area contributed by atoms with Crippen LogP contribution in [0.15, 0.2) is 47.5 Å². The van der Waals surface area contributed by atoms with Crippen LogP contribution in [0.3, 0.4) is 0 Å². The number of hydrogen-bond donors (Lipinski definition) is 2. The Morgan fingerprint density at radius 1 is 1.08 bits per heavy atom. The Labute approximate surface area is 142 Å². The van der Waals surface area contributed by atoms with Gasteiger partial charge in [-0.1, -0.05) is 31.2 Å². The highest BCUT2D eigenvalue weighted by Crippen LogP contribution is 2.32. The third-order valence-electron chi connectivity index (χ3n) is 3.94. The lowest BCUT2D eigenvalue weighted by molar-refractivity contribution is 0.297. The molecule has 0 saturated heterocycles. The molecule has 0 bridgehead atoms. The smallest absolute Gasteiger partial charge is 0.193 e. The van der Waals surface area contributed by atoms with Crippen molar-refractivity contribution < 1.29 is 9.47 Å². The number of hydrogen-bond acceptors (Lipinski definition) is 3. The van der Waals surface area contributed by atoms with Gasteiger partial charge in [0, 0.05) is 18.2 Å². The standard InChI is InChI=1S/C19H23N3O2/c1-2-14-6-3-4-7-15(14)13-21-19(20)22-16-8-9-17-18(12-16)24-11-5-10-23-17/h3-4,6-9,12H,2,5,10-11,13H2,1H3,(H3,20,21,22). The van der Waals surface area contributed by atoms with Crippen molar-refractivity contribution in [1.29, 1.82) is 0 Å². The molecule has 2 aromatic carbocycles. The molecule has 5 nitrogen and oxygen atoms in total. The van der Waals surface area contributed by atoms with Crippen LogP contribution in [0.4, 0.5) is 5.69 Å². The second-order valence-electron chi connectivity index (χ2n) is 5.66. The average Bonchev–Trinajstić information content (AvgIpc) is 2.85. The minimum Gasteiger partial charge on any atom is -0.490 e. The molecular formula is C19H23N3O2. The van der Waals surface area contributed by atoms with Gasteiger partial charge in [-0.2, -0.15) is 0 Å². The second-order valence-corrected chi connectivity index (χ2v) is 5.66. The fourth-order valence-electron chi connectivity index (χ4n) is 2.66. The molecule has 0 fully saturated rings. The topological polar surface area (TPSA) is 68.9 Å². The molecule has 3 N–H and O–H groups in total. The highest BCUT2D eigenvalue weighted by molar-refractivity contribution is 5.92. The maximum atomic E-state index is 6.02. The summed E-state index contributed by atoms with van der Waals surface area (Å²) in [6.45, 7) is 4.04. The van der Waals surface area contributed by atoms with E-state index >= 15 is 0 Å². The zero-order valence-corrected chi connectivity index (χ0v) is 13.9. The van der Waals surface area contributed by atoms with Gasteiger partial charge in [0.05, 0.1) is 19.8 Å². The summed E-state index contributed by atoms with van der Waals surface area (Å²) in [7, 11) is 0. The van der Waals surface area contributed by atoms with Crippen LogP contribution < -0.4 is 20.5 Å². The van der Waals surface area contributed by atoms with Crippen LogP contribution in [0.2, 0.25) is 0 Å². The minimum atomic E-state index is 0.385. The molecule has 0 atom stereocenters. The molecule has 126 valence electrons. The molecule has 0 amide bonds. The number of benzene rings is 2. The number of aliphatic imine (C=N–C) groups is 1. The van der Waals surface area contributed by atoms with Crippen LogP contribution in [0.25, 0.3) is 0 Å². The van der Waals surface area contributed by atoms with E-state index in [-0.39, 0.29) is 0 Å². The zero-order chi connectivity index (χ0) is 16.8. The molecule has 1 aliphatic rings. The van der Waals surface area contributed by atoms with Crippen LogP contribution in [-0.4, -0.2) is 19.2 Å². The van der Waals surface area contributed by atoms with E-state index < -0.39 is 0 Å². The van der Waals surface area contributed by atoms with E-state index in [1.54, 1.807) is 0 Å². The van der Waals surface area contributed by atoms with Crippen LogP contribution in [0.1, 0.15) is 24.5 Å². The quantitative estimate of drug-likeness (QED) is 0.668. The molecule has 0 unspecified atom stereocenters. The van der Waals surface area contributed by atoms with Crippen molar-refractivity contribution in [3.05, 3.63) is 53.6 Å². The van der Waals surface area contributed by atoms with Gasteiger partial charge in [-0.15, -0.1) is 0 Å². The van der Waals surface area contributed by atoms with E-state index in [0.29, 0.717) is 25.7 Å². The largest absolute Gasteiger partial charge is 0.490 e. The van der Waals surface area contributed by atoms with E-state index in [4.69, 9.17) is 15.2 Å². The molecule has 2 aromatic rings. The predicted molar refractivity (Wildman–Crippen MR) is 96.8 cm³/mol. The van der Waals surface area contributed by atoms with Gasteiger partial charge >= 0.3 is 0 Å². The Kier molecular flexibility index (Phi) is 5.21. The van der Waals surface area contributed by atoms with Gasteiger partial charge in [0.15, 0.2) is 17.5 Å². The number of nitrogens with zero attached hydrogens (tertiary/aromatic N) is 1. The zero-order valence-electron chi connectivity index (χ0n) is 13.9. The first-order chi connectivity index (χ1) is 11.8. The first-order valence-electron chi connectivity index (χ1n) is 8.29. The number of fused-ring (bicyclic) bond motifs is 1. The van der Waals surface area contributed by atoms with Gasteiger partial charge in [-0.05, 0) is 29.7 Å². The van der Waals surface area contributed by atoms with E-state index in [9.17, 15) is 0 Å². The first kappa shape index (κ1) is 16.2. The van der Waals surface area contributed by atoms with E-state index in [1.807, 2.05) is 30.3 Å². The fraction of sp³-hybridized carbons (Fsp3) is 0.316. The maximum Gasteiger partial charge on any atom is 0.193 e. The molecule has 1 heterocycles. The van der Waals surface area contributed by atoms with E-state index in [0.717, 1.165) is 30.0 Å². The van der Waals surface area contributed by atoms with Gasteiger partial charge in [-0.3, -0.25) is 0 Å². The van der Waals surface area contributed by atoms with Gasteiger partial charge in [-0.25, -0.2) is 4.99 Å². The number of nitrogens with one attached hydrogen (secondary N) is 1. The number of rotatable bonds is 4. The predicted octanol–water partition coefficient (Wildman–Crippen LogP) is 3.34. The van der Waals surface area contributed by atoms with E-state index in [1.165, 1.54) is 11.1 Å². The van der Waals surface area contributed by atoms with E-state index in [2.05, 4.69) is 29.4 Å². The van der Waals surface area contributed by atoms with Gasteiger partial charge in [0.25, 0.3) is 0 Å². The van der Waals surface area contributed by atoms with Crippen molar-refractivity contribution in [3.63, 3.8) is 0 Å². The molecule has 5 heteroatoms. The number of guanidine groups is 1. The summed E-state index contributed by atoms with van der Waals surface area (Å²) < 4.78 is 11.3. The first-order valence-corrected chi connectivity index (χ1v) is 8.29. The molecule has 0 aliphatic carbocycles. The Balaban J connectivity index is 1.68. The summed E-state index contributed by atoms with van der Waals surface area (Å²) in [5.41, 5.74) is 9.35. The number of nitrogens with two attached hydrogens (primary N) is 1. The SMILES string of the molecule is CCc1ccccc1CN=C(N)Nc1ccc2c(c1)OCCCO2. The Morgan fingerprint density at radius 2 is 1.83 bits per heavy atom. The van der Waals surface area contributed by atoms with Gasteiger partial charge in [0.1, 0.15) is 0 Å². The molecule has 24 heavy (non-hydrogen) atoms. The summed E-state index contributed by atoms with van der Waals surface area (Å²) in [4.78, 5) is 4.44. The second kappa shape index (κ2) is 7.73. The summed E-state index contributed by atoms with van der Waals surface area (Å²) in [6.07, 6.45) is 1.87. The van der Waals surface area contributed by atoms with Crippen molar-refractivity contribution in [1.82, 2.24) is 0 Å². The summed E-state index contributed by atoms with van der Waals surface area (Å²) in [5, 5.41) is 3.11. The Morgan fingerprint density at radius 3 is 2.62 bits per heavy atom. The summed E-state index contributed by atoms with van der Waals surface area (Å²) in [5.74, 6) is 1.89. The van der Waals surface area contributed by atoms with Crippen molar-refractivity contribution >= 4 is 11.6 Å². The molecule has 3 rings (SSSR count). The molecule has 0 saturated carbocycles. The van der Waals surface area contributed by atoms with Gasteiger partial charge in [0.2, 0.25) is 0 Å². The lowest BCUT2D eigenvalue weighted by Crippen LogP contribution is -2.22. The Bertz CT molecular complexity index is 728. The van der Waals surface area contributed by atoms with Crippen LogP contribution in [0, 0.1) is 0 Å². The lowest BCUT2D eigenvalue weighted by atomic mass is 10.1. The van der Waals surface area contributed by atoms with Crippen molar-refractivity contribution in [3.8, 4) is 11.5 Å².